The average molecular weight is 211 g/mol. The molecule has 0 spiro atoms. The first kappa shape index (κ1) is 11.4. The third-order valence-corrected chi connectivity index (χ3v) is 3.72. The van der Waals surface area contributed by atoms with Crippen LogP contribution in [-0.2, 0) is 0 Å². The van der Waals surface area contributed by atoms with Crippen molar-refractivity contribution >= 4 is 0 Å². The smallest absolute Gasteiger partial charge is 0.0226 e. The molecular weight excluding hydrogens is 186 g/mol. The lowest BCUT2D eigenvalue weighted by Gasteiger charge is -2.32. The van der Waals surface area contributed by atoms with Gasteiger partial charge in [-0.15, -0.1) is 0 Å². The van der Waals surface area contributed by atoms with E-state index in [9.17, 15) is 0 Å². The van der Waals surface area contributed by atoms with Gasteiger partial charge in [0, 0.05) is 31.7 Å². The van der Waals surface area contributed by atoms with Crippen molar-refractivity contribution in [3.05, 3.63) is 0 Å². The predicted molar refractivity (Wildman–Crippen MR) is 63.9 cm³/mol. The quantitative estimate of drug-likeness (QED) is 0.750. The van der Waals surface area contributed by atoms with Gasteiger partial charge in [0.15, 0.2) is 0 Å². The van der Waals surface area contributed by atoms with E-state index in [0.717, 1.165) is 25.2 Å². The Bertz CT molecular complexity index is 191. The van der Waals surface area contributed by atoms with Crippen molar-refractivity contribution in [2.45, 2.75) is 44.2 Å². The molecule has 2 rings (SSSR count). The van der Waals surface area contributed by atoms with Crippen LogP contribution in [0.3, 0.4) is 0 Å². The molecule has 1 saturated heterocycles. The highest BCUT2D eigenvalue weighted by molar-refractivity contribution is 4.90. The second-order valence-corrected chi connectivity index (χ2v) is 5.17. The van der Waals surface area contributed by atoms with Crippen LogP contribution in [0.2, 0.25) is 0 Å². The Labute approximate surface area is 93.6 Å². The van der Waals surface area contributed by atoms with Crippen LogP contribution >= 0.6 is 0 Å². The van der Waals surface area contributed by atoms with Gasteiger partial charge in [0.1, 0.15) is 0 Å². The highest BCUT2D eigenvalue weighted by Crippen LogP contribution is 2.30. The first-order valence-corrected chi connectivity index (χ1v) is 6.45. The molecule has 15 heavy (non-hydrogen) atoms. The van der Waals surface area contributed by atoms with Crippen LogP contribution in [0, 0.1) is 0 Å². The van der Waals surface area contributed by atoms with Gasteiger partial charge in [0.25, 0.3) is 0 Å². The molecule has 2 N–H and O–H groups in total. The standard InChI is InChI=1S/C12H25N3/c1-14-8-3-2-4-12(10-14)15(9-7-13)11-5-6-11/h11-12H,2-10,13H2,1H3. The Balaban J connectivity index is 1.91. The molecule has 1 unspecified atom stereocenters. The van der Waals surface area contributed by atoms with Crippen molar-refractivity contribution in [3.8, 4) is 0 Å². The van der Waals surface area contributed by atoms with Crippen LogP contribution in [0.5, 0.6) is 0 Å². The molecule has 0 amide bonds. The van der Waals surface area contributed by atoms with Crippen LogP contribution in [0.4, 0.5) is 0 Å². The largest absolute Gasteiger partial charge is 0.329 e. The van der Waals surface area contributed by atoms with E-state index in [1.807, 2.05) is 0 Å². The normalized spacial score (nSPS) is 29.4. The van der Waals surface area contributed by atoms with Gasteiger partial charge in [-0.3, -0.25) is 4.90 Å². The maximum absolute atomic E-state index is 5.72. The summed E-state index contributed by atoms with van der Waals surface area (Å²) in [6, 6.07) is 1.64. The minimum absolute atomic E-state index is 0.772. The first-order chi connectivity index (χ1) is 7.31. The van der Waals surface area contributed by atoms with Gasteiger partial charge in [0.2, 0.25) is 0 Å². The van der Waals surface area contributed by atoms with Gasteiger partial charge < -0.3 is 10.6 Å². The molecule has 0 bridgehead atoms. The van der Waals surface area contributed by atoms with Gasteiger partial charge >= 0.3 is 0 Å². The third kappa shape index (κ3) is 3.16. The third-order valence-electron chi connectivity index (χ3n) is 3.72. The van der Waals surface area contributed by atoms with Crippen LogP contribution in [0.15, 0.2) is 0 Å². The van der Waals surface area contributed by atoms with E-state index in [0.29, 0.717) is 0 Å². The average Bonchev–Trinajstić information content (AvgIpc) is 3.01. The highest BCUT2D eigenvalue weighted by Gasteiger charge is 2.34. The Kier molecular flexibility index (Phi) is 4.00. The van der Waals surface area contributed by atoms with Gasteiger partial charge in [0.05, 0.1) is 0 Å². The van der Waals surface area contributed by atoms with E-state index in [-0.39, 0.29) is 0 Å². The Morgan fingerprint density at radius 3 is 2.67 bits per heavy atom. The summed E-state index contributed by atoms with van der Waals surface area (Å²) in [5.74, 6) is 0. The molecule has 2 fully saturated rings. The summed E-state index contributed by atoms with van der Waals surface area (Å²) in [7, 11) is 2.26. The van der Waals surface area contributed by atoms with Crippen LogP contribution in [-0.4, -0.2) is 55.1 Å². The molecule has 1 aliphatic heterocycles. The van der Waals surface area contributed by atoms with Gasteiger partial charge in [-0.25, -0.2) is 0 Å². The van der Waals surface area contributed by atoms with E-state index in [4.69, 9.17) is 5.73 Å². The molecule has 0 aromatic carbocycles. The molecule has 88 valence electrons. The number of nitrogens with two attached hydrogens (primary N) is 1. The molecule has 1 aliphatic carbocycles. The maximum atomic E-state index is 5.72. The Hall–Kier alpha value is -0.120. The van der Waals surface area contributed by atoms with Crippen molar-refractivity contribution in [2.75, 3.05) is 33.2 Å². The molecule has 1 heterocycles. The number of hydrogen-bond acceptors (Lipinski definition) is 3. The van der Waals surface area contributed by atoms with E-state index >= 15 is 0 Å². The fourth-order valence-corrected chi connectivity index (χ4v) is 2.79. The lowest BCUT2D eigenvalue weighted by molar-refractivity contribution is 0.152. The van der Waals surface area contributed by atoms with Crippen LogP contribution in [0.1, 0.15) is 32.1 Å². The Morgan fingerprint density at radius 1 is 1.20 bits per heavy atom. The number of nitrogens with zero attached hydrogens (tertiary/aromatic N) is 2. The second kappa shape index (κ2) is 5.28. The number of likely N-dealkylation sites (tertiary alicyclic amines) is 1. The lowest BCUT2D eigenvalue weighted by Crippen LogP contribution is -2.45. The molecule has 0 aromatic rings. The SMILES string of the molecule is CN1CCCCC(N(CCN)C2CC2)C1. The van der Waals surface area contributed by atoms with Crippen molar-refractivity contribution < 1.29 is 0 Å². The van der Waals surface area contributed by atoms with Crippen molar-refractivity contribution in [3.63, 3.8) is 0 Å². The number of rotatable bonds is 4. The summed E-state index contributed by atoms with van der Waals surface area (Å²) in [4.78, 5) is 5.17. The highest BCUT2D eigenvalue weighted by atomic mass is 15.3. The van der Waals surface area contributed by atoms with Gasteiger partial charge in [-0.05, 0) is 39.3 Å². The molecule has 0 radical (unpaired) electrons. The zero-order valence-electron chi connectivity index (χ0n) is 9.99. The Morgan fingerprint density at radius 2 is 2.00 bits per heavy atom. The van der Waals surface area contributed by atoms with Gasteiger partial charge in [-0.1, -0.05) is 6.42 Å². The van der Waals surface area contributed by atoms with Crippen molar-refractivity contribution in [1.82, 2.24) is 9.80 Å². The summed E-state index contributed by atoms with van der Waals surface area (Å²) in [5.41, 5.74) is 5.72. The molecule has 3 nitrogen and oxygen atoms in total. The van der Waals surface area contributed by atoms with Gasteiger partial charge in [-0.2, -0.15) is 0 Å². The monoisotopic (exact) mass is 211 g/mol. The molecule has 1 atom stereocenters. The van der Waals surface area contributed by atoms with Crippen molar-refractivity contribution in [1.29, 1.82) is 0 Å². The summed E-state index contributed by atoms with van der Waals surface area (Å²) in [6.07, 6.45) is 6.94. The molecule has 3 heteroatoms. The molecule has 0 aromatic heterocycles. The molecule has 2 aliphatic rings. The molecular formula is C12H25N3. The number of hydrogen-bond donors (Lipinski definition) is 1. The maximum Gasteiger partial charge on any atom is 0.0226 e. The number of likely N-dealkylation sites (N-methyl/N-ethyl adjacent to an activating group) is 1. The fraction of sp³-hybridized carbons (Fsp3) is 1.00. The zero-order valence-corrected chi connectivity index (χ0v) is 9.99. The minimum atomic E-state index is 0.772. The second-order valence-electron chi connectivity index (χ2n) is 5.17. The molecule has 1 saturated carbocycles. The van der Waals surface area contributed by atoms with E-state index in [1.54, 1.807) is 0 Å². The topological polar surface area (TPSA) is 32.5 Å². The predicted octanol–water partition coefficient (Wildman–Crippen LogP) is 0.894. The zero-order chi connectivity index (χ0) is 10.7. The van der Waals surface area contributed by atoms with E-state index in [1.165, 1.54) is 45.2 Å². The minimum Gasteiger partial charge on any atom is -0.329 e. The summed E-state index contributed by atoms with van der Waals surface area (Å²) in [6.45, 7) is 4.44. The van der Waals surface area contributed by atoms with E-state index in [2.05, 4.69) is 16.8 Å². The summed E-state index contributed by atoms with van der Waals surface area (Å²) in [5, 5.41) is 0. The fourth-order valence-electron chi connectivity index (χ4n) is 2.79. The van der Waals surface area contributed by atoms with Crippen LogP contribution in [0.25, 0.3) is 0 Å². The summed E-state index contributed by atoms with van der Waals surface area (Å²) >= 11 is 0. The van der Waals surface area contributed by atoms with Crippen LogP contribution < -0.4 is 5.73 Å². The summed E-state index contributed by atoms with van der Waals surface area (Å²) < 4.78 is 0. The first-order valence-electron chi connectivity index (χ1n) is 6.45. The van der Waals surface area contributed by atoms with E-state index < -0.39 is 0 Å². The van der Waals surface area contributed by atoms with Crippen molar-refractivity contribution in [2.24, 2.45) is 5.73 Å². The lowest BCUT2D eigenvalue weighted by atomic mass is 10.1.